The summed E-state index contributed by atoms with van der Waals surface area (Å²) in [6.45, 7) is 2.61. The van der Waals surface area contributed by atoms with Gasteiger partial charge in [0.25, 0.3) is 0 Å². The van der Waals surface area contributed by atoms with Gasteiger partial charge < -0.3 is 19.9 Å². The summed E-state index contributed by atoms with van der Waals surface area (Å²) < 4.78 is 16.1. The maximum atomic E-state index is 6.02. The Morgan fingerprint density at radius 3 is 2.33 bits per heavy atom. The fraction of sp³-hybridized carbons (Fsp3) is 0.625. The lowest BCUT2D eigenvalue weighted by molar-refractivity contribution is 0.0280. The largest absolute Gasteiger partial charge is 0.493 e. The van der Waals surface area contributed by atoms with Crippen molar-refractivity contribution in [2.75, 3.05) is 41.0 Å². The van der Waals surface area contributed by atoms with Crippen molar-refractivity contribution in [3.05, 3.63) is 23.8 Å². The van der Waals surface area contributed by atoms with Gasteiger partial charge in [-0.15, -0.1) is 0 Å². The molecule has 1 aliphatic rings. The molecule has 0 spiro atoms. The second kappa shape index (κ2) is 7.64. The van der Waals surface area contributed by atoms with E-state index in [1.165, 1.54) is 5.56 Å². The molecule has 1 heterocycles. The molecule has 5 nitrogen and oxygen atoms in total. The summed E-state index contributed by atoms with van der Waals surface area (Å²) in [7, 11) is 5.09. The highest BCUT2D eigenvalue weighted by Crippen LogP contribution is 2.32. The predicted octanol–water partition coefficient (Wildman–Crippen LogP) is 1.81. The zero-order valence-electron chi connectivity index (χ0n) is 13.2. The van der Waals surface area contributed by atoms with Crippen LogP contribution in [-0.4, -0.2) is 52.0 Å². The highest BCUT2D eigenvalue weighted by atomic mass is 16.5. The fourth-order valence-electron chi connectivity index (χ4n) is 2.98. The zero-order valence-corrected chi connectivity index (χ0v) is 13.2. The Morgan fingerprint density at radius 1 is 1.14 bits per heavy atom. The van der Waals surface area contributed by atoms with Crippen molar-refractivity contribution in [3.8, 4) is 11.5 Å². The molecule has 0 saturated carbocycles. The van der Waals surface area contributed by atoms with Crippen molar-refractivity contribution in [1.29, 1.82) is 0 Å². The first kappa shape index (κ1) is 16.1. The van der Waals surface area contributed by atoms with E-state index in [9.17, 15) is 0 Å². The van der Waals surface area contributed by atoms with Gasteiger partial charge in [0.05, 0.1) is 20.3 Å². The smallest absolute Gasteiger partial charge is 0.161 e. The van der Waals surface area contributed by atoms with E-state index in [1.807, 2.05) is 12.1 Å². The van der Waals surface area contributed by atoms with E-state index in [0.717, 1.165) is 37.4 Å². The zero-order chi connectivity index (χ0) is 15.2. The number of nitrogens with two attached hydrogens (primary N) is 1. The highest BCUT2D eigenvalue weighted by Gasteiger charge is 2.25. The van der Waals surface area contributed by atoms with Gasteiger partial charge in [-0.2, -0.15) is 0 Å². The molecule has 1 fully saturated rings. The van der Waals surface area contributed by atoms with Crippen molar-refractivity contribution in [2.45, 2.75) is 25.0 Å². The summed E-state index contributed by atoms with van der Waals surface area (Å²) in [4.78, 5) is 2.43. The molecule has 0 aliphatic carbocycles. The Hall–Kier alpha value is -1.30. The Labute approximate surface area is 127 Å². The minimum absolute atomic E-state index is 0.211. The van der Waals surface area contributed by atoms with Crippen LogP contribution in [0, 0.1) is 0 Å². The van der Waals surface area contributed by atoms with Crippen molar-refractivity contribution >= 4 is 0 Å². The van der Waals surface area contributed by atoms with Crippen molar-refractivity contribution in [3.63, 3.8) is 0 Å². The first-order valence-corrected chi connectivity index (χ1v) is 7.42. The molecule has 0 radical (unpaired) electrons. The number of likely N-dealkylation sites (tertiary alicyclic amines) is 1. The van der Waals surface area contributed by atoms with E-state index in [0.29, 0.717) is 12.6 Å². The Kier molecular flexibility index (Phi) is 5.85. The van der Waals surface area contributed by atoms with Crippen LogP contribution >= 0.6 is 0 Å². The average molecular weight is 294 g/mol. The minimum atomic E-state index is 0.211. The number of nitrogens with zero attached hydrogens (tertiary/aromatic N) is 1. The van der Waals surface area contributed by atoms with Gasteiger partial charge in [0.15, 0.2) is 11.5 Å². The molecular formula is C16H26N2O3. The van der Waals surface area contributed by atoms with Gasteiger partial charge in [0.1, 0.15) is 0 Å². The molecule has 118 valence electrons. The molecule has 1 aromatic carbocycles. The number of hydrogen-bond acceptors (Lipinski definition) is 5. The summed E-state index contributed by atoms with van der Waals surface area (Å²) in [6, 6.07) is 6.25. The van der Waals surface area contributed by atoms with Crippen LogP contribution in [0.3, 0.4) is 0 Å². The number of rotatable bonds is 6. The van der Waals surface area contributed by atoms with Crippen LogP contribution in [0.15, 0.2) is 18.2 Å². The molecule has 2 N–H and O–H groups in total. The van der Waals surface area contributed by atoms with Gasteiger partial charge in [0.2, 0.25) is 0 Å². The molecule has 0 bridgehead atoms. The highest BCUT2D eigenvalue weighted by molar-refractivity contribution is 5.43. The van der Waals surface area contributed by atoms with E-state index in [4.69, 9.17) is 19.9 Å². The quantitative estimate of drug-likeness (QED) is 0.867. The van der Waals surface area contributed by atoms with Crippen LogP contribution < -0.4 is 15.2 Å². The molecule has 1 unspecified atom stereocenters. The van der Waals surface area contributed by atoms with Gasteiger partial charge in [-0.3, -0.25) is 4.90 Å². The van der Waals surface area contributed by atoms with Gasteiger partial charge in [-0.05, 0) is 30.5 Å². The first-order valence-electron chi connectivity index (χ1n) is 7.42. The first-order chi connectivity index (χ1) is 10.2. The predicted molar refractivity (Wildman–Crippen MR) is 82.9 cm³/mol. The number of piperidine rings is 1. The lowest BCUT2D eigenvalue weighted by atomic mass is 10.00. The van der Waals surface area contributed by atoms with Crippen LogP contribution in [0.25, 0.3) is 0 Å². The fourth-order valence-corrected chi connectivity index (χ4v) is 2.98. The van der Waals surface area contributed by atoms with Crippen molar-refractivity contribution in [1.82, 2.24) is 4.90 Å². The number of hydrogen-bond donors (Lipinski definition) is 1. The van der Waals surface area contributed by atoms with E-state index >= 15 is 0 Å². The molecule has 0 aromatic heterocycles. The maximum Gasteiger partial charge on any atom is 0.161 e. The maximum absolute atomic E-state index is 6.02. The van der Waals surface area contributed by atoms with Gasteiger partial charge in [-0.1, -0.05) is 6.07 Å². The van der Waals surface area contributed by atoms with Crippen LogP contribution in [-0.2, 0) is 4.74 Å². The summed E-state index contributed by atoms with van der Waals surface area (Å²) in [5.41, 5.74) is 7.19. The van der Waals surface area contributed by atoms with E-state index in [1.54, 1.807) is 21.3 Å². The van der Waals surface area contributed by atoms with Gasteiger partial charge in [0, 0.05) is 32.8 Å². The van der Waals surface area contributed by atoms with E-state index < -0.39 is 0 Å². The second-order valence-electron chi connectivity index (χ2n) is 5.34. The van der Waals surface area contributed by atoms with Crippen LogP contribution in [0.5, 0.6) is 11.5 Å². The number of ether oxygens (including phenoxy) is 3. The van der Waals surface area contributed by atoms with E-state index in [-0.39, 0.29) is 6.04 Å². The third kappa shape index (κ3) is 3.67. The number of methoxy groups -OCH3 is 3. The summed E-state index contributed by atoms with van der Waals surface area (Å²) in [6.07, 6.45) is 2.49. The van der Waals surface area contributed by atoms with Crippen LogP contribution in [0.2, 0.25) is 0 Å². The standard InChI is InChI=1S/C16H26N2O3/c1-19-13-6-8-18(9-7-13)14(11-17)12-4-5-15(20-2)16(10-12)21-3/h4-5,10,13-14H,6-9,11,17H2,1-3H3. The second-order valence-corrected chi connectivity index (χ2v) is 5.34. The summed E-state index contributed by atoms with van der Waals surface area (Å²) in [5, 5.41) is 0. The third-order valence-corrected chi connectivity index (χ3v) is 4.27. The lowest BCUT2D eigenvalue weighted by Gasteiger charge is -2.37. The summed E-state index contributed by atoms with van der Waals surface area (Å²) in [5.74, 6) is 1.50. The van der Waals surface area contributed by atoms with Gasteiger partial charge >= 0.3 is 0 Å². The minimum Gasteiger partial charge on any atom is -0.493 e. The molecule has 1 aliphatic heterocycles. The molecular weight excluding hydrogens is 268 g/mol. The molecule has 5 heteroatoms. The average Bonchev–Trinajstić information content (AvgIpc) is 2.56. The summed E-state index contributed by atoms with van der Waals surface area (Å²) >= 11 is 0. The van der Waals surface area contributed by atoms with Crippen LogP contribution in [0.1, 0.15) is 24.4 Å². The Bertz CT molecular complexity index is 445. The Balaban J connectivity index is 2.14. The SMILES string of the molecule is COc1ccc(C(CN)N2CCC(OC)CC2)cc1OC. The molecule has 1 aromatic rings. The topological polar surface area (TPSA) is 57.0 Å². The lowest BCUT2D eigenvalue weighted by Crippen LogP contribution is -2.41. The van der Waals surface area contributed by atoms with E-state index in [2.05, 4.69) is 11.0 Å². The van der Waals surface area contributed by atoms with Crippen molar-refractivity contribution in [2.24, 2.45) is 5.73 Å². The molecule has 2 rings (SSSR count). The van der Waals surface area contributed by atoms with Gasteiger partial charge in [-0.25, -0.2) is 0 Å². The van der Waals surface area contributed by atoms with Crippen LogP contribution in [0.4, 0.5) is 0 Å². The molecule has 21 heavy (non-hydrogen) atoms. The molecule has 1 atom stereocenters. The molecule has 1 saturated heterocycles. The molecule has 0 amide bonds. The normalized spacial score (nSPS) is 18.5. The number of benzene rings is 1. The van der Waals surface area contributed by atoms with Crippen molar-refractivity contribution < 1.29 is 14.2 Å². The third-order valence-electron chi connectivity index (χ3n) is 4.27. The Morgan fingerprint density at radius 2 is 1.81 bits per heavy atom. The monoisotopic (exact) mass is 294 g/mol.